The molecule has 6 N–H and O–H groups in total. The van der Waals surface area contributed by atoms with Crippen molar-refractivity contribution in [3.8, 4) is 11.8 Å². The summed E-state index contributed by atoms with van der Waals surface area (Å²) in [6, 6.07) is 9.36. The van der Waals surface area contributed by atoms with Gasteiger partial charge in [0.2, 0.25) is 18.6 Å². The van der Waals surface area contributed by atoms with Crippen LogP contribution in [0.25, 0.3) is 0 Å². The van der Waals surface area contributed by atoms with E-state index in [0.717, 1.165) is 30.6 Å². The Morgan fingerprint density at radius 1 is 0.840 bits per heavy atom. The summed E-state index contributed by atoms with van der Waals surface area (Å²) in [6.45, 7) is 4.05. The van der Waals surface area contributed by atoms with Crippen LogP contribution in [0, 0.1) is 0 Å². The largest absolute Gasteiger partial charge is 0.457 e. The molecule has 2 saturated heterocycles. The Morgan fingerprint density at radius 3 is 2.28 bits per heavy atom. The Kier molecular flexibility index (Phi) is 17.7. The molecule has 3 unspecified atom stereocenters. The van der Waals surface area contributed by atoms with E-state index in [1.807, 2.05) is 23.9 Å². The standard InChI is InChI=1S/C33H49N7O9S/c34-28-9-11-36-33(39-28)49-23-48-25-7-5-24(6-8-25)21-37-30(42)10-13-44-15-17-46-19-20-47-18-16-45-14-12-35-29(41)4-2-1-3-27-31-26(22-50-27)38-32(43)40-31/h5-9,11,26-27,31H,1-4,10,12-23H2,(H,35,41)(H,37,42)(H2,34,36,39)(H2,38,40,43). The van der Waals surface area contributed by atoms with Gasteiger partial charge in [0.05, 0.1) is 64.9 Å². The number of nitrogens with one attached hydrogen (secondary N) is 4. The lowest BCUT2D eigenvalue weighted by Gasteiger charge is -2.16. The fraction of sp³-hybridized carbons (Fsp3) is 0.606. The van der Waals surface area contributed by atoms with Crippen LogP contribution in [-0.4, -0.2) is 117 Å². The Balaban J connectivity index is 0.852. The molecule has 0 radical (unpaired) electrons. The van der Waals surface area contributed by atoms with Gasteiger partial charge in [-0.05, 0) is 36.6 Å². The lowest BCUT2D eigenvalue weighted by Crippen LogP contribution is -2.36. The Labute approximate surface area is 296 Å². The van der Waals surface area contributed by atoms with Crippen molar-refractivity contribution in [3.63, 3.8) is 0 Å². The van der Waals surface area contributed by atoms with Gasteiger partial charge in [-0.25, -0.2) is 9.78 Å². The third-order valence-electron chi connectivity index (χ3n) is 7.72. The van der Waals surface area contributed by atoms with Crippen LogP contribution in [0.1, 0.15) is 37.7 Å². The number of unbranched alkanes of at least 4 members (excludes halogenated alkanes) is 1. The van der Waals surface area contributed by atoms with E-state index < -0.39 is 0 Å². The van der Waals surface area contributed by atoms with Gasteiger partial charge >= 0.3 is 12.0 Å². The molecule has 2 aliphatic rings. The van der Waals surface area contributed by atoms with Crippen LogP contribution < -0.4 is 36.5 Å². The van der Waals surface area contributed by atoms with Gasteiger partial charge in [-0.2, -0.15) is 16.7 Å². The summed E-state index contributed by atoms with van der Waals surface area (Å²) in [4.78, 5) is 43.5. The number of nitrogens with zero attached hydrogens (tertiary/aromatic N) is 2. The zero-order chi connectivity index (χ0) is 35.2. The lowest BCUT2D eigenvalue weighted by atomic mass is 10.0. The number of hydrogen-bond acceptors (Lipinski definition) is 13. The van der Waals surface area contributed by atoms with Crippen LogP contribution in [-0.2, 0) is 35.1 Å². The van der Waals surface area contributed by atoms with E-state index >= 15 is 0 Å². The van der Waals surface area contributed by atoms with Crippen molar-refractivity contribution in [1.29, 1.82) is 0 Å². The Hall–Kier alpha value is -3.90. The van der Waals surface area contributed by atoms with Gasteiger partial charge in [-0.15, -0.1) is 0 Å². The van der Waals surface area contributed by atoms with Gasteiger partial charge in [0, 0.05) is 43.1 Å². The maximum atomic E-state index is 12.1. The molecular weight excluding hydrogens is 670 g/mol. The smallest absolute Gasteiger partial charge is 0.321 e. The second kappa shape index (κ2) is 22.7. The molecule has 3 atom stereocenters. The quantitative estimate of drug-likeness (QED) is 0.0530. The summed E-state index contributed by atoms with van der Waals surface area (Å²) in [6.07, 6.45) is 5.04. The number of nitrogens with two attached hydrogens (primary N) is 1. The highest BCUT2D eigenvalue weighted by atomic mass is 32.2. The zero-order valence-corrected chi connectivity index (χ0v) is 29.1. The summed E-state index contributed by atoms with van der Waals surface area (Å²) in [5, 5.41) is 12.1. The Morgan fingerprint density at radius 2 is 1.54 bits per heavy atom. The summed E-state index contributed by atoms with van der Waals surface area (Å²) in [5.74, 6) is 1.79. The fourth-order valence-corrected chi connectivity index (χ4v) is 6.66. The lowest BCUT2D eigenvalue weighted by molar-refractivity contribution is -0.122. The molecule has 0 bridgehead atoms. The first-order chi connectivity index (χ1) is 24.5. The molecule has 1 aromatic heterocycles. The van der Waals surface area contributed by atoms with Gasteiger partial charge in [-0.1, -0.05) is 18.6 Å². The maximum absolute atomic E-state index is 12.1. The highest BCUT2D eigenvalue weighted by Crippen LogP contribution is 2.33. The van der Waals surface area contributed by atoms with Crippen molar-refractivity contribution in [2.75, 3.05) is 77.7 Å². The molecular formula is C33H49N7O9S. The molecule has 4 amide bonds. The first-order valence-electron chi connectivity index (χ1n) is 16.9. The van der Waals surface area contributed by atoms with E-state index in [4.69, 9.17) is 34.2 Å². The van der Waals surface area contributed by atoms with E-state index in [0.29, 0.717) is 89.2 Å². The number of fused-ring (bicyclic) bond motifs is 1. The van der Waals surface area contributed by atoms with Crippen molar-refractivity contribution >= 4 is 35.4 Å². The second-order valence-corrected chi connectivity index (χ2v) is 12.8. The normalized spacial score (nSPS) is 17.8. The van der Waals surface area contributed by atoms with Crippen molar-refractivity contribution in [2.45, 2.75) is 56.0 Å². The number of hydrogen-bond donors (Lipinski definition) is 5. The van der Waals surface area contributed by atoms with Crippen LogP contribution in [0.4, 0.5) is 10.6 Å². The number of amides is 4. The van der Waals surface area contributed by atoms with Crippen molar-refractivity contribution in [2.24, 2.45) is 0 Å². The summed E-state index contributed by atoms with van der Waals surface area (Å²) in [5.41, 5.74) is 6.51. The SMILES string of the molecule is Nc1ccnc(OCOc2ccc(CNC(=O)CCOCCOCCOCCOCCNC(=O)CCCCC3SCC4NC(=O)NC43)cc2)n1. The number of rotatable bonds is 26. The molecule has 4 rings (SSSR count). The summed E-state index contributed by atoms with van der Waals surface area (Å²) < 4.78 is 32.8. The zero-order valence-electron chi connectivity index (χ0n) is 28.3. The van der Waals surface area contributed by atoms with Gasteiger partial charge < -0.3 is 55.4 Å². The van der Waals surface area contributed by atoms with Crippen LogP contribution >= 0.6 is 11.8 Å². The van der Waals surface area contributed by atoms with E-state index in [2.05, 4.69) is 31.2 Å². The van der Waals surface area contributed by atoms with E-state index in [1.165, 1.54) is 6.20 Å². The van der Waals surface area contributed by atoms with E-state index in [1.54, 1.807) is 18.2 Å². The molecule has 50 heavy (non-hydrogen) atoms. The molecule has 1 aromatic carbocycles. The number of benzene rings is 1. The predicted molar refractivity (Wildman–Crippen MR) is 186 cm³/mol. The first-order valence-corrected chi connectivity index (χ1v) is 18.0. The highest BCUT2D eigenvalue weighted by Gasteiger charge is 2.42. The number of urea groups is 1. The van der Waals surface area contributed by atoms with E-state index in [9.17, 15) is 14.4 Å². The number of anilines is 1. The number of aromatic nitrogens is 2. The molecule has 2 fully saturated rings. The number of carbonyl (C=O) groups excluding carboxylic acids is 3. The number of ether oxygens (including phenoxy) is 6. The number of nitrogen functional groups attached to an aromatic ring is 1. The summed E-state index contributed by atoms with van der Waals surface area (Å²) >= 11 is 1.89. The topological polar surface area (TPSA) is 207 Å². The minimum atomic E-state index is -0.108. The van der Waals surface area contributed by atoms with Crippen LogP contribution in [0.2, 0.25) is 0 Å². The summed E-state index contributed by atoms with van der Waals surface area (Å²) in [7, 11) is 0. The van der Waals surface area contributed by atoms with Crippen LogP contribution in [0.5, 0.6) is 11.8 Å². The highest BCUT2D eigenvalue weighted by molar-refractivity contribution is 8.00. The third kappa shape index (κ3) is 15.3. The molecule has 2 aliphatic heterocycles. The minimum Gasteiger partial charge on any atom is -0.457 e. The van der Waals surface area contributed by atoms with E-state index in [-0.39, 0.29) is 49.2 Å². The predicted octanol–water partition coefficient (Wildman–Crippen LogP) is 1.39. The minimum absolute atomic E-state index is 0.0300. The monoisotopic (exact) mass is 719 g/mol. The van der Waals surface area contributed by atoms with Crippen LogP contribution in [0.15, 0.2) is 36.5 Å². The van der Waals surface area contributed by atoms with Crippen molar-refractivity contribution in [1.82, 2.24) is 31.2 Å². The van der Waals surface area contributed by atoms with Gasteiger partial charge in [-0.3, -0.25) is 9.59 Å². The molecule has 276 valence electrons. The maximum Gasteiger partial charge on any atom is 0.321 e. The van der Waals surface area contributed by atoms with Crippen LogP contribution in [0.3, 0.4) is 0 Å². The molecule has 2 aromatic rings. The van der Waals surface area contributed by atoms with Crippen molar-refractivity contribution in [3.05, 3.63) is 42.1 Å². The molecule has 17 heteroatoms. The second-order valence-electron chi connectivity index (χ2n) is 11.5. The van der Waals surface area contributed by atoms with Gasteiger partial charge in [0.15, 0.2) is 0 Å². The number of carbonyl (C=O) groups is 3. The molecule has 16 nitrogen and oxygen atoms in total. The molecule has 0 aliphatic carbocycles. The average Bonchev–Trinajstić information content (AvgIpc) is 3.67. The Bertz CT molecular complexity index is 1310. The van der Waals surface area contributed by atoms with Crippen molar-refractivity contribution < 1.29 is 42.8 Å². The van der Waals surface area contributed by atoms with Gasteiger partial charge in [0.1, 0.15) is 11.6 Å². The fourth-order valence-electron chi connectivity index (χ4n) is 5.12. The molecule has 0 spiro atoms. The first kappa shape index (κ1) is 38.9. The molecule has 3 heterocycles. The average molecular weight is 720 g/mol. The van der Waals surface area contributed by atoms with Gasteiger partial charge in [0.25, 0.3) is 0 Å². The number of thioether (sulfide) groups is 1. The third-order valence-corrected chi connectivity index (χ3v) is 9.23. The molecule has 0 saturated carbocycles.